The summed E-state index contributed by atoms with van der Waals surface area (Å²) in [4.78, 5) is 22.6. The molecule has 0 unspecified atom stereocenters. The molecule has 0 saturated carbocycles. The molecule has 102 valence electrons. The summed E-state index contributed by atoms with van der Waals surface area (Å²) in [7, 11) is 0. The van der Waals surface area contributed by atoms with Crippen LogP contribution in [0.3, 0.4) is 0 Å². The SMILES string of the molecule is Cc1cc(C(=O)O)c(-c2ccc(F)cc2)c(C(=O)O)c1. The molecule has 4 nitrogen and oxygen atoms in total. The number of halogens is 1. The van der Waals surface area contributed by atoms with Crippen LogP contribution in [0.4, 0.5) is 4.39 Å². The largest absolute Gasteiger partial charge is 0.478 e. The minimum Gasteiger partial charge on any atom is -0.478 e. The Hall–Kier alpha value is -2.69. The Labute approximate surface area is 114 Å². The van der Waals surface area contributed by atoms with Crippen LogP contribution in [0.5, 0.6) is 0 Å². The van der Waals surface area contributed by atoms with E-state index in [4.69, 9.17) is 0 Å². The Morgan fingerprint density at radius 2 is 1.40 bits per heavy atom. The zero-order chi connectivity index (χ0) is 14.9. The molecule has 2 rings (SSSR count). The van der Waals surface area contributed by atoms with Crippen LogP contribution in [-0.4, -0.2) is 22.2 Å². The summed E-state index contributed by atoms with van der Waals surface area (Å²) in [5.41, 5.74) is 0.727. The molecule has 0 radical (unpaired) electrons. The van der Waals surface area contributed by atoms with Crippen molar-refractivity contribution < 1.29 is 24.2 Å². The van der Waals surface area contributed by atoms with E-state index in [-0.39, 0.29) is 16.7 Å². The zero-order valence-electron chi connectivity index (χ0n) is 10.6. The van der Waals surface area contributed by atoms with Gasteiger partial charge in [-0.1, -0.05) is 12.1 Å². The minimum atomic E-state index is -1.23. The second-order valence-electron chi connectivity index (χ2n) is 4.35. The Balaban J connectivity index is 2.80. The molecule has 20 heavy (non-hydrogen) atoms. The van der Waals surface area contributed by atoms with Gasteiger partial charge in [-0.25, -0.2) is 14.0 Å². The highest BCUT2D eigenvalue weighted by molar-refractivity contribution is 6.05. The highest BCUT2D eigenvalue weighted by Gasteiger charge is 2.20. The molecule has 0 aromatic heterocycles. The first-order chi connectivity index (χ1) is 9.40. The first-order valence-electron chi connectivity index (χ1n) is 5.77. The Morgan fingerprint density at radius 1 is 0.950 bits per heavy atom. The number of hydrogen-bond acceptors (Lipinski definition) is 2. The molecular weight excluding hydrogens is 263 g/mol. The van der Waals surface area contributed by atoms with Crippen LogP contribution in [0, 0.1) is 12.7 Å². The predicted molar refractivity (Wildman–Crippen MR) is 70.5 cm³/mol. The quantitative estimate of drug-likeness (QED) is 0.901. The van der Waals surface area contributed by atoms with Gasteiger partial charge in [-0.3, -0.25) is 0 Å². The molecule has 5 heteroatoms. The summed E-state index contributed by atoms with van der Waals surface area (Å²) >= 11 is 0. The molecule has 0 spiro atoms. The van der Waals surface area contributed by atoms with Crippen LogP contribution in [0.25, 0.3) is 11.1 Å². The minimum absolute atomic E-state index is 0.0793. The highest BCUT2D eigenvalue weighted by Crippen LogP contribution is 2.29. The Kier molecular flexibility index (Phi) is 3.52. The topological polar surface area (TPSA) is 74.6 Å². The standard InChI is InChI=1S/C15H11FO4/c1-8-6-11(14(17)18)13(12(7-8)15(19)20)9-2-4-10(16)5-3-9/h2-7H,1H3,(H,17,18)(H,19,20). The monoisotopic (exact) mass is 274 g/mol. The molecule has 0 aliphatic heterocycles. The molecule has 0 saturated heterocycles. The lowest BCUT2D eigenvalue weighted by Gasteiger charge is -2.11. The summed E-state index contributed by atoms with van der Waals surface area (Å²) in [6, 6.07) is 7.83. The number of carboxylic acid groups (broad SMARTS) is 2. The lowest BCUT2D eigenvalue weighted by atomic mass is 9.92. The van der Waals surface area contributed by atoms with E-state index in [0.29, 0.717) is 11.1 Å². The molecule has 2 N–H and O–H groups in total. The molecule has 0 aliphatic rings. The second-order valence-corrected chi connectivity index (χ2v) is 4.35. The third kappa shape index (κ3) is 2.51. The Bertz CT molecular complexity index is 655. The van der Waals surface area contributed by atoms with E-state index in [0.717, 1.165) is 12.1 Å². The van der Waals surface area contributed by atoms with E-state index in [1.54, 1.807) is 6.92 Å². The highest BCUT2D eigenvalue weighted by atomic mass is 19.1. The van der Waals surface area contributed by atoms with Crippen LogP contribution < -0.4 is 0 Å². The molecule has 0 aliphatic carbocycles. The van der Waals surface area contributed by atoms with Crippen molar-refractivity contribution in [2.45, 2.75) is 6.92 Å². The van der Waals surface area contributed by atoms with Gasteiger partial charge in [0.15, 0.2) is 0 Å². The van der Waals surface area contributed by atoms with E-state index >= 15 is 0 Å². The molecule has 2 aromatic carbocycles. The van der Waals surface area contributed by atoms with E-state index in [1.165, 1.54) is 24.3 Å². The van der Waals surface area contributed by atoms with Crippen molar-refractivity contribution in [1.82, 2.24) is 0 Å². The lowest BCUT2D eigenvalue weighted by molar-refractivity contribution is 0.0696. The van der Waals surface area contributed by atoms with Crippen molar-refractivity contribution in [1.29, 1.82) is 0 Å². The molecule has 2 aromatic rings. The fourth-order valence-corrected chi connectivity index (χ4v) is 2.05. The summed E-state index contributed by atoms with van der Waals surface area (Å²) in [5.74, 6) is -2.93. The summed E-state index contributed by atoms with van der Waals surface area (Å²) in [6.45, 7) is 1.62. The van der Waals surface area contributed by atoms with Crippen LogP contribution in [0.1, 0.15) is 26.3 Å². The van der Waals surface area contributed by atoms with Crippen molar-refractivity contribution in [3.8, 4) is 11.1 Å². The first-order valence-corrected chi connectivity index (χ1v) is 5.77. The van der Waals surface area contributed by atoms with Crippen LogP contribution >= 0.6 is 0 Å². The summed E-state index contributed by atoms with van der Waals surface area (Å²) < 4.78 is 13.0. The zero-order valence-corrected chi connectivity index (χ0v) is 10.6. The molecular formula is C15H11FO4. The predicted octanol–water partition coefficient (Wildman–Crippen LogP) is 3.20. The maximum Gasteiger partial charge on any atom is 0.336 e. The molecule has 0 bridgehead atoms. The summed E-state index contributed by atoms with van der Waals surface area (Å²) in [5, 5.41) is 18.5. The van der Waals surface area contributed by atoms with Gasteiger partial charge in [0.05, 0.1) is 11.1 Å². The molecule has 0 fully saturated rings. The van der Waals surface area contributed by atoms with Crippen molar-refractivity contribution in [2.75, 3.05) is 0 Å². The van der Waals surface area contributed by atoms with Gasteiger partial charge in [0, 0.05) is 5.56 Å². The van der Waals surface area contributed by atoms with E-state index in [2.05, 4.69) is 0 Å². The maximum atomic E-state index is 13.0. The van der Waals surface area contributed by atoms with Gasteiger partial charge >= 0.3 is 11.9 Å². The van der Waals surface area contributed by atoms with E-state index in [9.17, 15) is 24.2 Å². The molecule has 0 heterocycles. The molecule has 0 atom stereocenters. The van der Waals surface area contributed by atoms with Gasteiger partial charge < -0.3 is 10.2 Å². The first kappa shape index (κ1) is 13.7. The van der Waals surface area contributed by atoms with Gasteiger partial charge in [0.1, 0.15) is 5.82 Å². The summed E-state index contributed by atoms with van der Waals surface area (Å²) in [6.07, 6.45) is 0. The lowest BCUT2D eigenvalue weighted by Crippen LogP contribution is -2.08. The number of hydrogen-bond donors (Lipinski definition) is 2. The fourth-order valence-electron chi connectivity index (χ4n) is 2.05. The van der Waals surface area contributed by atoms with Gasteiger partial charge in [-0.2, -0.15) is 0 Å². The number of aryl methyl sites for hydroxylation is 1. The normalized spacial score (nSPS) is 10.3. The number of benzene rings is 2. The van der Waals surface area contributed by atoms with Gasteiger partial charge in [-0.05, 0) is 42.3 Å². The van der Waals surface area contributed by atoms with Gasteiger partial charge in [-0.15, -0.1) is 0 Å². The number of aromatic carboxylic acids is 2. The van der Waals surface area contributed by atoms with Crippen molar-refractivity contribution in [2.24, 2.45) is 0 Å². The van der Waals surface area contributed by atoms with Crippen molar-refractivity contribution in [3.63, 3.8) is 0 Å². The Morgan fingerprint density at radius 3 is 1.80 bits per heavy atom. The van der Waals surface area contributed by atoms with Crippen molar-refractivity contribution >= 4 is 11.9 Å². The van der Waals surface area contributed by atoms with Crippen LogP contribution in [-0.2, 0) is 0 Å². The number of carbonyl (C=O) groups is 2. The van der Waals surface area contributed by atoms with E-state index in [1.807, 2.05) is 0 Å². The van der Waals surface area contributed by atoms with Gasteiger partial charge in [0.2, 0.25) is 0 Å². The average molecular weight is 274 g/mol. The van der Waals surface area contributed by atoms with Crippen LogP contribution in [0.2, 0.25) is 0 Å². The number of carboxylic acids is 2. The van der Waals surface area contributed by atoms with Gasteiger partial charge in [0.25, 0.3) is 0 Å². The smallest absolute Gasteiger partial charge is 0.336 e. The number of rotatable bonds is 3. The van der Waals surface area contributed by atoms with Crippen LogP contribution in [0.15, 0.2) is 36.4 Å². The second kappa shape index (κ2) is 5.13. The fraction of sp³-hybridized carbons (Fsp3) is 0.0667. The average Bonchev–Trinajstić information content (AvgIpc) is 2.38. The third-order valence-corrected chi connectivity index (χ3v) is 2.88. The third-order valence-electron chi connectivity index (χ3n) is 2.88. The van der Waals surface area contributed by atoms with E-state index < -0.39 is 17.8 Å². The van der Waals surface area contributed by atoms with Crippen molar-refractivity contribution in [3.05, 3.63) is 58.9 Å². The molecule has 0 amide bonds. The maximum absolute atomic E-state index is 13.0.